The standard InChI is InChI=1S/C12H23N3O2/c1-4-9(11(13)15-17)12(16)14-10-6-5-7(2)8(10)3/h7-10,17H,4-6H2,1-3H3,(H2,13,15)(H,14,16). The predicted octanol–water partition coefficient (Wildman–Crippen LogP) is 1.31. The van der Waals surface area contributed by atoms with Crippen molar-refractivity contribution in [2.75, 3.05) is 0 Å². The van der Waals surface area contributed by atoms with Crippen LogP contribution in [0.5, 0.6) is 0 Å². The topological polar surface area (TPSA) is 87.7 Å². The number of amides is 1. The Kier molecular flexibility index (Phi) is 4.78. The van der Waals surface area contributed by atoms with Gasteiger partial charge in [0.1, 0.15) is 0 Å². The van der Waals surface area contributed by atoms with E-state index in [1.807, 2.05) is 6.92 Å². The van der Waals surface area contributed by atoms with Crippen LogP contribution < -0.4 is 11.1 Å². The first-order valence-electron chi connectivity index (χ1n) is 6.29. The number of oxime groups is 1. The minimum Gasteiger partial charge on any atom is -0.409 e. The Bertz CT molecular complexity index is 304. The number of hydrogen-bond acceptors (Lipinski definition) is 3. The minimum atomic E-state index is -0.525. The monoisotopic (exact) mass is 241 g/mol. The van der Waals surface area contributed by atoms with Gasteiger partial charge in [-0.2, -0.15) is 0 Å². The Labute approximate surface area is 102 Å². The van der Waals surface area contributed by atoms with Crippen molar-refractivity contribution >= 4 is 11.7 Å². The van der Waals surface area contributed by atoms with Crippen LogP contribution in [0.15, 0.2) is 5.16 Å². The van der Waals surface area contributed by atoms with Gasteiger partial charge in [-0.05, 0) is 31.1 Å². The lowest BCUT2D eigenvalue weighted by Gasteiger charge is -2.22. The molecule has 5 heteroatoms. The highest BCUT2D eigenvalue weighted by molar-refractivity contribution is 6.02. The molecule has 4 unspecified atom stereocenters. The van der Waals surface area contributed by atoms with E-state index in [0.717, 1.165) is 12.8 Å². The maximum atomic E-state index is 12.0. The van der Waals surface area contributed by atoms with Crippen molar-refractivity contribution in [3.05, 3.63) is 0 Å². The van der Waals surface area contributed by atoms with Gasteiger partial charge in [-0.25, -0.2) is 0 Å². The summed E-state index contributed by atoms with van der Waals surface area (Å²) in [4.78, 5) is 12.0. The maximum Gasteiger partial charge on any atom is 0.231 e. The summed E-state index contributed by atoms with van der Waals surface area (Å²) in [6.07, 6.45) is 2.70. The fourth-order valence-corrected chi connectivity index (χ4v) is 2.45. The number of carbonyl (C=O) groups excluding carboxylic acids is 1. The predicted molar refractivity (Wildman–Crippen MR) is 66.7 cm³/mol. The SMILES string of the molecule is CCC(C(=O)NC1CCC(C)C1C)C(N)=NO. The summed E-state index contributed by atoms with van der Waals surface area (Å²) in [6.45, 7) is 6.22. The molecule has 5 nitrogen and oxygen atoms in total. The number of nitrogens with zero attached hydrogens (tertiary/aromatic N) is 1. The number of nitrogens with two attached hydrogens (primary N) is 1. The van der Waals surface area contributed by atoms with Gasteiger partial charge in [0.05, 0.1) is 5.92 Å². The summed E-state index contributed by atoms with van der Waals surface area (Å²) in [7, 11) is 0. The van der Waals surface area contributed by atoms with Crippen LogP contribution in [0.3, 0.4) is 0 Å². The Balaban J connectivity index is 2.59. The van der Waals surface area contributed by atoms with Crippen LogP contribution in [-0.4, -0.2) is 23.0 Å². The van der Waals surface area contributed by atoms with E-state index in [1.165, 1.54) is 0 Å². The third-order valence-electron chi connectivity index (χ3n) is 3.99. The molecule has 0 aromatic carbocycles. The highest BCUT2D eigenvalue weighted by atomic mass is 16.4. The molecule has 98 valence electrons. The number of rotatable bonds is 4. The van der Waals surface area contributed by atoms with Crippen molar-refractivity contribution in [1.29, 1.82) is 0 Å². The zero-order valence-electron chi connectivity index (χ0n) is 10.8. The second-order valence-corrected chi connectivity index (χ2v) is 5.01. The van der Waals surface area contributed by atoms with Crippen LogP contribution in [0.4, 0.5) is 0 Å². The van der Waals surface area contributed by atoms with Crippen molar-refractivity contribution in [2.24, 2.45) is 28.6 Å². The maximum absolute atomic E-state index is 12.0. The number of carbonyl (C=O) groups is 1. The van der Waals surface area contributed by atoms with Crippen LogP contribution in [-0.2, 0) is 4.79 Å². The molecule has 0 aromatic rings. The number of nitrogens with one attached hydrogen (secondary N) is 1. The first-order chi connectivity index (χ1) is 8.01. The van der Waals surface area contributed by atoms with Gasteiger partial charge < -0.3 is 16.3 Å². The third kappa shape index (κ3) is 3.11. The van der Waals surface area contributed by atoms with E-state index in [2.05, 4.69) is 24.3 Å². The summed E-state index contributed by atoms with van der Waals surface area (Å²) < 4.78 is 0. The lowest BCUT2D eigenvalue weighted by atomic mass is 9.96. The van der Waals surface area contributed by atoms with Crippen molar-refractivity contribution in [1.82, 2.24) is 5.32 Å². The molecule has 0 radical (unpaired) electrons. The van der Waals surface area contributed by atoms with Gasteiger partial charge in [-0.3, -0.25) is 4.79 Å². The van der Waals surface area contributed by atoms with Gasteiger partial charge in [0.2, 0.25) is 5.91 Å². The van der Waals surface area contributed by atoms with E-state index < -0.39 is 5.92 Å². The van der Waals surface area contributed by atoms with Crippen molar-refractivity contribution in [2.45, 2.75) is 46.1 Å². The van der Waals surface area contributed by atoms with Gasteiger partial charge in [-0.15, -0.1) is 0 Å². The molecule has 0 aromatic heterocycles. The molecule has 0 aliphatic heterocycles. The lowest BCUT2D eigenvalue weighted by Crippen LogP contribution is -2.44. The van der Waals surface area contributed by atoms with Gasteiger partial charge >= 0.3 is 0 Å². The summed E-state index contributed by atoms with van der Waals surface area (Å²) in [5.74, 6) is 0.466. The zero-order valence-corrected chi connectivity index (χ0v) is 10.8. The van der Waals surface area contributed by atoms with Crippen molar-refractivity contribution in [3.63, 3.8) is 0 Å². The van der Waals surface area contributed by atoms with Gasteiger partial charge in [0.15, 0.2) is 5.84 Å². The van der Waals surface area contributed by atoms with E-state index in [1.54, 1.807) is 0 Å². The largest absolute Gasteiger partial charge is 0.409 e. The van der Waals surface area contributed by atoms with Crippen molar-refractivity contribution < 1.29 is 10.0 Å². The second kappa shape index (κ2) is 5.89. The fraction of sp³-hybridized carbons (Fsp3) is 0.833. The Morgan fingerprint density at radius 1 is 1.53 bits per heavy atom. The van der Waals surface area contributed by atoms with Crippen LogP contribution >= 0.6 is 0 Å². The smallest absolute Gasteiger partial charge is 0.231 e. The normalized spacial score (nSPS) is 31.2. The molecule has 1 rings (SSSR count). The zero-order chi connectivity index (χ0) is 13.0. The molecule has 4 N–H and O–H groups in total. The summed E-state index contributed by atoms with van der Waals surface area (Å²) >= 11 is 0. The van der Waals surface area contributed by atoms with Crippen LogP contribution in [0.1, 0.15) is 40.0 Å². The molecular formula is C12H23N3O2. The van der Waals surface area contributed by atoms with Crippen LogP contribution in [0.25, 0.3) is 0 Å². The molecule has 1 saturated carbocycles. The van der Waals surface area contributed by atoms with E-state index in [0.29, 0.717) is 18.3 Å². The Morgan fingerprint density at radius 2 is 2.18 bits per heavy atom. The molecule has 1 aliphatic carbocycles. The van der Waals surface area contributed by atoms with Gasteiger partial charge in [0, 0.05) is 6.04 Å². The molecule has 4 atom stereocenters. The lowest BCUT2D eigenvalue weighted by molar-refractivity contribution is -0.124. The molecule has 1 aliphatic rings. The molecule has 17 heavy (non-hydrogen) atoms. The quantitative estimate of drug-likeness (QED) is 0.300. The molecule has 0 saturated heterocycles. The first-order valence-corrected chi connectivity index (χ1v) is 6.29. The van der Waals surface area contributed by atoms with Gasteiger partial charge in [-0.1, -0.05) is 25.9 Å². The molecule has 0 bridgehead atoms. The second-order valence-electron chi connectivity index (χ2n) is 5.01. The number of amidine groups is 1. The van der Waals surface area contributed by atoms with Gasteiger partial charge in [0.25, 0.3) is 0 Å². The average Bonchev–Trinajstić information content (AvgIpc) is 2.61. The van der Waals surface area contributed by atoms with E-state index in [9.17, 15) is 4.79 Å². The molecular weight excluding hydrogens is 218 g/mol. The Morgan fingerprint density at radius 3 is 2.59 bits per heavy atom. The highest BCUT2D eigenvalue weighted by Gasteiger charge is 2.32. The molecule has 1 fully saturated rings. The van der Waals surface area contributed by atoms with Crippen LogP contribution in [0.2, 0.25) is 0 Å². The van der Waals surface area contributed by atoms with Crippen LogP contribution in [0, 0.1) is 17.8 Å². The first kappa shape index (κ1) is 13.8. The minimum absolute atomic E-state index is 0.0105. The molecule has 1 amide bonds. The highest BCUT2D eigenvalue weighted by Crippen LogP contribution is 2.31. The summed E-state index contributed by atoms with van der Waals surface area (Å²) in [5.41, 5.74) is 5.50. The molecule has 0 spiro atoms. The van der Waals surface area contributed by atoms with E-state index in [4.69, 9.17) is 10.9 Å². The van der Waals surface area contributed by atoms with E-state index >= 15 is 0 Å². The van der Waals surface area contributed by atoms with E-state index in [-0.39, 0.29) is 17.8 Å². The Hall–Kier alpha value is -1.26. The average molecular weight is 241 g/mol. The fourth-order valence-electron chi connectivity index (χ4n) is 2.45. The third-order valence-corrected chi connectivity index (χ3v) is 3.99. The molecule has 0 heterocycles. The number of hydrogen-bond donors (Lipinski definition) is 3. The van der Waals surface area contributed by atoms with Crippen molar-refractivity contribution in [3.8, 4) is 0 Å². The summed E-state index contributed by atoms with van der Waals surface area (Å²) in [6, 6.07) is 0.220. The summed E-state index contributed by atoms with van der Waals surface area (Å²) in [5, 5.41) is 14.6.